The Bertz CT molecular complexity index is 694. The van der Waals surface area contributed by atoms with Gasteiger partial charge in [-0.2, -0.15) is 5.10 Å². The minimum atomic E-state index is -0.342. The Morgan fingerprint density at radius 3 is 2.95 bits per heavy atom. The standard InChI is InChI=1S/C15H15FIN3O/c1-9-7-18-20(8-10-2-3-10)14(9)19-15(21)12-5-4-11(16)6-13(12)17/h4-7,10H,2-3,8H2,1H3,(H,19,21). The van der Waals surface area contributed by atoms with Gasteiger partial charge in [0, 0.05) is 15.7 Å². The van der Waals surface area contributed by atoms with E-state index in [1.807, 2.05) is 34.2 Å². The maximum absolute atomic E-state index is 13.1. The molecule has 4 nitrogen and oxygen atoms in total. The van der Waals surface area contributed by atoms with Crippen LogP contribution in [0, 0.1) is 22.2 Å². The monoisotopic (exact) mass is 399 g/mol. The zero-order chi connectivity index (χ0) is 15.0. The van der Waals surface area contributed by atoms with E-state index in [1.165, 1.54) is 31.0 Å². The first-order valence-electron chi connectivity index (χ1n) is 6.83. The highest BCUT2D eigenvalue weighted by molar-refractivity contribution is 14.1. The fourth-order valence-electron chi connectivity index (χ4n) is 2.17. The fourth-order valence-corrected chi connectivity index (χ4v) is 2.90. The summed E-state index contributed by atoms with van der Waals surface area (Å²) in [5, 5.41) is 7.22. The highest BCUT2D eigenvalue weighted by atomic mass is 127. The van der Waals surface area contributed by atoms with Crippen molar-refractivity contribution in [3.05, 3.63) is 44.9 Å². The third-order valence-corrected chi connectivity index (χ3v) is 4.45. The van der Waals surface area contributed by atoms with E-state index in [0.29, 0.717) is 15.1 Å². The molecule has 0 atom stereocenters. The number of nitrogens with zero attached hydrogens (tertiary/aromatic N) is 2. The van der Waals surface area contributed by atoms with Crippen LogP contribution < -0.4 is 5.32 Å². The van der Waals surface area contributed by atoms with Crippen LogP contribution in [0.1, 0.15) is 28.8 Å². The number of carbonyl (C=O) groups is 1. The van der Waals surface area contributed by atoms with E-state index in [4.69, 9.17) is 0 Å². The minimum Gasteiger partial charge on any atom is -0.307 e. The number of benzene rings is 1. The van der Waals surface area contributed by atoms with Gasteiger partial charge in [-0.15, -0.1) is 0 Å². The van der Waals surface area contributed by atoms with Crippen molar-refractivity contribution >= 4 is 34.3 Å². The molecule has 0 unspecified atom stereocenters. The topological polar surface area (TPSA) is 46.9 Å². The van der Waals surface area contributed by atoms with Crippen LogP contribution in [0.3, 0.4) is 0 Å². The van der Waals surface area contributed by atoms with Gasteiger partial charge in [0.05, 0.1) is 11.8 Å². The zero-order valence-corrected chi connectivity index (χ0v) is 13.7. The largest absolute Gasteiger partial charge is 0.307 e. The van der Waals surface area contributed by atoms with Gasteiger partial charge in [-0.05, 0) is 66.5 Å². The molecule has 1 aliphatic carbocycles. The first-order valence-corrected chi connectivity index (χ1v) is 7.91. The first-order chi connectivity index (χ1) is 10.0. The lowest BCUT2D eigenvalue weighted by Gasteiger charge is -2.11. The number of rotatable bonds is 4. The number of aromatic nitrogens is 2. The summed E-state index contributed by atoms with van der Waals surface area (Å²) in [6.45, 7) is 2.76. The number of hydrogen-bond donors (Lipinski definition) is 1. The molecule has 110 valence electrons. The van der Waals surface area contributed by atoms with Crippen molar-refractivity contribution in [2.45, 2.75) is 26.3 Å². The van der Waals surface area contributed by atoms with Crippen LogP contribution >= 0.6 is 22.6 Å². The molecular weight excluding hydrogens is 384 g/mol. The Hall–Kier alpha value is -1.44. The summed E-state index contributed by atoms with van der Waals surface area (Å²) in [6, 6.07) is 4.15. The maximum atomic E-state index is 13.1. The molecule has 3 rings (SSSR count). The lowest BCUT2D eigenvalue weighted by molar-refractivity contribution is 0.102. The first kappa shape index (κ1) is 14.5. The molecule has 0 saturated heterocycles. The molecular formula is C15H15FIN3O. The van der Waals surface area contributed by atoms with Gasteiger partial charge >= 0.3 is 0 Å². The second kappa shape index (κ2) is 5.75. The summed E-state index contributed by atoms with van der Waals surface area (Å²) in [7, 11) is 0. The molecule has 2 aromatic rings. The molecule has 1 amide bonds. The summed E-state index contributed by atoms with van der Waals surface area (Å²) < 4.78 is 15.6. The Labute approximate surface area is 135 Å². The fraction of sp³-hybridized carbons (Fsp3) is 0.333. The summed E-state index contributed by atoms with van der Waals surface area (Å²) in [5.74, 6) is 0.823. The van der Waals surface area contributed by atoms with Crippen LogP contribution in [0.5, 0.6) is 0 Å². The number of amides is 1. The average Bonchev–Trinajstić information content (AvgIpc) is 3.18. The second-order valence-corrected chi connectivity index (χ2v) is 6.54. The molecule has 1 N–H and O–H groups in total. The lowest BCUT2D eigenvalue weighted by atomic mass is 10.2. The number of aryl methyl sites for hydroxylation is 1. The molecule has 1 aliphatic rings. The molecule has 1 aromatic heterocycles. The molecule has 0 radical (unpaired) electrons. The Kier molecular flexibility index (Phi) is 3.97. The predicted octanol–water partition coefficient (Wildman–Crippen LogP) is 3.60. The molecule has 1 heterocycles. The Morgan fingerprint density at radius 2 is 2.29 bits per heavy atom. The van der Waals surface area contributed by atoms with Gasteiger partial charge in [0.1, 0.15) is 11.6 Å². The van der Waals surface area contributed by atoms with Crippen LogP contribution in [0.15, 0.2) is 24.4 Å². The van der Waals surface area contributed by atoms with Gasteiger partial charge in [0.2, 0.25) is 0 Å². The van der Waals surface area contributed by atoms with E-state index in [0.717, 1.165) is 17.9 Å². The lowest BCUT2D eigenvalue weighted by Crippen LogP contribution is -2.18. The van der Waals surface area contributed by atoms with Crippen molar-refractivity contribution in [2.75, 3.05) is 5.32 Å². The molecule has 6 heteroatoms. The van der Waals surface area contributed by atoms with Gasteiger partial charge < -0.3 is 5.32 Å². The maximum Gasteiger partial charge on any atom is 0.257 e. The Morgan fingerprint density at radius 1 is 1.52 bits per heavy atom. The van der Waals surface area contributed by atoms with E-state index in [2.05, 4.69) is 10.4 Å². The van der Waals surface area contributed by atoms with E-state index < -0.39 is 0 Å². The van der Waals surface area contributed by atoms with Gasteiger partial charge in [-0.1, -0.05) is 0 Å². The number of anilines is 1. The Balaban J connectivity index is 1.82. The van der Waals surface area contributed by atoms with Crippen LogP contribution in [0.4, 0.5) is 10.2 Å². The van der Waals surface area contributed by atoms with E-state index in [9.17, 15) is 9.18 Å². The van der Waals surface area contributed by atoms with Gasteiger partial charge in [0.15, 0.2) is 0 Å². The number of hydrogen-bond acceptors (Lipinski definition) is 2. The van der Waals surface area contributed by atoms with Crippen molar-refractivity contribution < 1.29 is 9.18 Å². The number of nitrogens with one attached hydrogen (secondary N) is 1. The van der Waals surface area contributed by atoms with Crippen LogP contribution in [-0.4, -0.2) is 15.7 Å². The number of halogens is 2. The normalized spacial score (nSPS) is 14.2. The highest BCUT2D eigenvalue weighted by Gasteiger charge is 2.24. The van der Waals surface area contributed by atoms with E-state index >= 15 is 0 Å². The zero-order valence-electron chi connectivity index (χ0n) is 11.6. The second-order valence-electron chi connectivity index (χ2n) is 5.38. The molecule has 0 bridgehead atoms. The summed E-state index contributed by atoms with van der Waals surface area (Å²) in [5.41, 5.74) is 1.40. The minimum absolute atomic E-state index is 0.236. The predicted molar refractivity (Wildman–Crippen MR) is 86.8 cm³/mol. The van der Waals surface area contributed by atoms with Crippen molar-refractivity contribution in [2.24, 2.45) is 5.92 Å². The molecule has 1 aromatic carbocycles. The van der Waals surface area contributed by atoms with Crippen LogP contribution in [-0.2, 0) is 6.54 Å². The van der Waals surface area contributed by atoms with E-state index in [1.54, 1.807) is 6.20 Å². The van der Waals surface area contributed by atoms with Crippen molar-refractivity contribution in [3.8, 4) is 0 Å². The SMILES string of the molecule is Cc1cnn(CC2CC2)c1NC(=O)c1ccc(F)cc1I. The van der Waals surface area contributed by atoms with Gasteiger partial charge in [0.25, 0.3) is 5.91 Å². The smallest absolute Gasteiger partial charge is 0.257 e. The highest BCUT2D eigenvalue weighted by Crippen LogP contribution is 2.32. The van der Waals surface area contributed by atoms with Crippen molar-refractivity contribution in [3.63, 3.8) is 0 Å². The summed E-state index contributed by atoms with van der Waals surface area (Å²) >= 11 is 1.97. The van der Waals surface area contributed by atoms with Crippen molar-refractivity contribution in [1.82, 2.24) is 9.78 Å². The van der Waals surface area contributed by atoms with Gasteiger partial charge in [-0.3, -0.25) is 4.79 Å². The van der Waals surface area contributed by atoms with Crippen LogP contribution in [0.2, 0.25) is 0 Å². The third kappa shape index (κ3) is 3.25. The van der Waals surface area contributed by atoms with E-state index in [-0.39, 0.29) is 11.7 Å². The van der Waals surface area contributed by atoms with Gasteiger partial charge in [-0.25, -0.2) is 9.07 Å². The average molecular weight is 399 g/mol. The number of carbonyl (C=O) groups excluding carboxylic acids is 1. The molecule has 21 heavy (non-hydrogen) atoms. The molecule has 0 spiro atoms. The van der Waals surface area contributed by atoms with Crippen molar-refractivity contribution in [1.29, 1.82) is 0 Å². The quantitative estimate of drug-likeness (QED) is 0.799. The van der Waals surface area contributed by atoms with Crippen LogP contribution in [0.25, 0.3) is 0 Å². The summed E-state index contributed by atoms with van der Waals surface area (Å²) in [6.07, 6.45) is 4.21. The molecule has 1 saturated carbocycles. The summed E-state index contributed by atoms with van der Waals surface area (Å²) in [4.78, 5) is 12.4. The molecule has 0 aliphatic heterocycles. The molecule has 1 fully saturated rings. The third-order valence-electron chi connectivity index (χ3n) is 3.56.